The average Bonchev–Trinajstić information content (AvgIpc) is 3.09. The first-order chi connectivity index (χ1) is 12.4. The van der Waals surface area contributed by atoms with Gasteiger partial charge in [-0.15, -0.1) is 0 Å². The van der Waals surface area contributed by atoms with E-state index >= 15 is 0 Å². The van der Waals surface area contributed by atoms with Crippen LogP contribution in [-0.4, -0.2) is 0 Å². The van der Waals surface area contributed by atoms with Gasteiger partial charge in [0.1, 0.15) is 0 Å². The predicted molar refractivity (Wildman–Crippen MR) is 112 cm³/mol. The molecule has 3 aliphatic carbocycles. The van der Waals surface area contributed by atoms with Crippen molar-refractivity contribution in [2.75, 3.05) is 0 Å². The van der Waals surface area contributed by atoms with Crippen molar-refractivity contribution in [2.45, 2.75) is 93.7 Å². The molecule has 0 amide bonds. The Hall–Kier alpha value is 0.363. The summed E-state index contributed by atoms with van der Waals surface area (Å²) in [5.74, 6) is 5.76. The Morgan fingerprint density at radius 1 is 0.808 bits per heavy atom. The van der Waals surface area contributed by atoms with Crippen LogP contribution in [0.2, 0.25) is 7.25 Å². The van der Waals surface area contributed by atoms with Crippen LogP contribution in [0.4, 0.5) is 0 Å². The fraction of sp³-hybridized carbons (Fsp3) is 0.840. The van der Waals surface area contributed by atoms with E-state index in [1.165, 1.54) is 32.1 Å². The Morgan fingerprint density at radius 3 is 1.69 bits per heavy atom. The summed E-state index contributed by atoms with van der Waals surface area (Å²) in [6.07, 6.45) is 17.9. The maximum atomic E-state index is 2.60. The van der Waals surface area contributed by atoms with Gasteiger partial charge in [0.2, 0.25) is 0 Å². The summed E-state index contributed by atoms with van der Waals surface area (Å²) >= 11 is -1.70. The van der Waals surface area contributed by atoms with Gasteiger partial charge in [0.05, 0.1) is 0 Å². The fourth-order valence-electron chi connectivity index (χ4n) is 6.53. The summed E-state index contributed by atoms with van der Waals surface area (Å²) in [4.78, 5) is 0. The third kappa shape index (κ3) is 4.67. The minimum absolute atomic E-state index is 0.886. The molecule has 0 saturated heterocycles. The van der Waals surface area contributed by atoms with Gasteiger partial charge in [-0.2, -0.15) is 0 Å². The Labute approximate surface area is 172 Å². The molecule has 6 unspecified atom stereocenters. The second-order valence-corrected chi connectivity index (χ2v) is 18.1. The minimum atomic E-state index is -1.70. The zero-order chi connectivity index (χ0) is 18.8. The van der Waals surface area contributed by atoms with Crippen LogP contribution in [0, 0.1) is 35.5 Å². The molecule has 0 aromatic heterocycles. The maximum absolute atomic E-state index is 2.60. The van der Waals surface area contributed by atoms with Crippen molar-refractivity contribution >= 4 is 0 Å². The second kappa shape index (κ2) is 9.24. The molecule has 3 aliphatic rings. The van der Waals surface area contributed by atoms with Crippen LogP contribution >= 0.6 is 0 Å². The quantitative estimate of drug-likeness (QED) is 0.409. The van der Waals surface area contributed by atoms with Crippen LogP contribution in [0.25, 0.3) is 0 Å². The SMILES string of the molecule is CC1CCC(C(C)C)[CH]([Zr]([C]2=CC=CC2)[CH]2CC(C)CCC2C(C)C)C1. The predicted octanol–water partition coefficient (Wildman–Crippen LogP) is 8.21. The molecule has 6 atom stereocenters. The average molecular weight is 435 g/mol. The van der Waals surface area contributed by atoms with Gasteiger partial charge in [0.25, 0.3) is 0 Å². The zero-order valence-electron chi connectivity index (χ0n) is 18.3. The standard InChI is InChI=1S/2C10H19.C5H5.Zr/c2*1-8(2)10-6-4-9(3)5-7-10;1-2-4-5-3-1;/h2*6,8-10H,4-5,7H2,1-3H3;1-3H,4H2;. The van der Waals surface area contributed by atoms with E-state index in [1.807, 2.05) is 3.28 Å². The van der Waals surface area contributed by atoms with Crippen molar-refractivity contribution in [2.24, 2.45) is 35.5 Å². The van der Waals surface area contributed by atoms with E-state index in [4.69, 9.17) is 0 Å². The normalized spacial score (nSPS) is 38.1. The van der Waals surface area contributed by atoms with E-state index in [1.54, 1.807) is 12.8 Å². The van der Waals surface area contributed by atoms with Crippen LogP contribution in [0.3, 0.4) is 0 Å². The molecule has 2 fully saturated rings. The van der Waals surface area contributed by atoms with Crippen LogP contribution < -0.4 is 0 Å². The molecule has 0 nitrogen and oxygen atoms in total. The van der Waals surface area contributed by atoms with Gasteiger partial charge >= 0.3 is 173 Å². The third-order valence-corrected chi connectivity index (χ3v) is 17.9. The first kappa shape index (κ1) is 21.1. The summed E-state index contributed by atoms with van der Waals surface area (Å²) in [5, 5.41) is 0. The summed E-state index contributed by atoms with van der Waals surface area (Å²) < 4.78 is 4.22. The molecule has 0 N–H and O–H groups in total. The van der Waals surface area contributed by atoms with Crippen molar-refractivity contribution in [1.29, 1.82) is 0 Å². The molecule has 0 heterocycles. The van der Waals surface area contributed by atoms with E-state index in [0.29, 0.717) is 0 Å². The Balaban J connectivity index is 1.95. The van der Waals surface area contributed by atoms with Crippen LogP contribution in [0.5, 0.6) is 0 Å². The molecule has 0 aromatic carbocycles. The Bertz CT molecular complexity index is 482. The molecule has 26 heavy (non-hydrogen) atoms. The molecule has 0 aromatic rings. The molecule has 1 heteroatoms. The summed E-state index contributed by atoms with van der Waals surface area (Å²) in [6, 6.07) is 0. The summed E-state index contributed by atoms with van der Waals surface area (Å²) in [7, 11) is 0. The van der Waals surface area contributed by atoms with E-state index in [2.05, 4.69) is 59.8 Å². The van der Waals surface area contributed by atoms with Crippen LogP contribution in [0.1, 0.15) is 86.5 Å². The molecule has 0 aliphatic heterocycles. The third-order valence-electron chi connectivity index (χ3n) is 7.99. The van der Waals surface area contributed by atoms with Crippen molar-refractivity contribution in [3.63, 3.8) is 0 Å². The summed E-state index contributed by atoms with van der Waals surface area (Å²) in [6.45, 7) is 15.2. The van der Waals surface area contributed by atoms with Crippen molar-refractivity contribution < 1.29 is 21.8 Å². The molecule has 0 radical (unpaired) electrons. The van der Waals surface area contributed by atoms with Gasteiger partial charge in [-0.3, -0.25) is 0 Å². The molecule has 147 valence electrons. The van der Waals surface area contributed by atoms with Crippen molar-refractivity contribution in [3.8, 4) is 0 Å². The van der Waals surface area contributed by atoms with Gasteiger partial charge in [-0.25, -0.2) is 0 Å². The molecular formula is C25H43Zr. The van der Waals surface area contributed by atoms with Gasteiger partial charge in [0, 0.05) is 0 Å². The molecule has 2 saturated carbocycles. The Kier molecular flexibility index (Phi) is 7.49. The molecule has 0 spiro atoms. The monoisotopic (exact) mass is 433 g/mol. The van der Waals surface area contributed by atoms with Gasteiger partial charge in [-0.1, -0.05) is 0 Å². The van der Waals surface area contributed by atoms with Crippen LogP contribution in [0.15, 0.2) is 21.5 Å². The Morgan fingerprint density at radius 2 is 1.31 bits per heavy atom. The van der Waals surface area contributed by atoms with E-state index in [9.17, 15) is 0 Å². The first-order valence-electron chi connectivity index (χ1n) is 11.6. The van der Waals surface area contributed by atoms with E-state index < -0.39 is 21.8 Å². The topological polar surface area (TPSA) is 0 Å². The van der Waals surface area contributed by atoms with Gasteiger partial charge < -0.3 is 0 Å². The summed E-state index contributed by atoms with van der Waals surface area (Å²) in [5.41, 5.74) is 0. The zero-order valence-corrected chi connectivity index (χ0v) is 20.8. The van der Waals surface area contributed by atoms with Gasteiger partial charge in [-0.05, 0) is 0 Å². The molecule has 3 rings (SSSR count). The van der Waals surface area contributed by atoms with Gasteiger partial charge in [0.15, 0.2) is 0 Å². The van der Waals surface area contributed by atoms with Crippen LogP contribution in [-0.2, 0) is 21.8 Å². The second-order valence-electron chi connectivity index (χ2n) is 10.6. The number of rotatable bonds is 5. The van der Waals surface area contributed by atoms with E-state index in [0.717, 1.165) is 42.8 Å². The first-order valence-corrected chi connectivity index (χ1v) is 15.7. The van der Waals surface area contributed by atoms with E-state index in [-0.39, 0.29) is 0 Å². The number of allylic oxidation sites excluding steroid dienone is 4. The molecular weight excluding hydrogens is 391 g/mol. The molecule has 0 bridgehead atoms. The van der Waals surface area contributed by atoms with Crippen molar-refractivity contribution in [1.82, 2.24) is 0 Å². The number of hydrogen-bond donors (Lipinski definition) is 0. The number of hydrogen-bond acceptors (Lipinski definition) is 0. The fourth-order valence-corrected chi connectivity index (χ4v) is 20.0. The van der Waals surface area contributed by atoms with Crippen molar-refractivity contribution in [3.05, 3.63) is 21.5 Å².